The molecular formula is C42H65N3O3. The zero-order chi connectivity index (χ0) is 35.3. The molecule has 1 aromatic carbocycles. The Labute approximate surface area is 293 Å². The van der Waals surface area contributed by atoms with Crippen LogP contribution in [0, 0.1) is 19.3 Å². The van der Waals surface area contributed by atoms with Gasteiger partial charge in [0.1, 0.15) is 5.75 Å². The van der Waals surface area contributed by atoms with Crippen molar-refractivity contribution in [2.45, 2.75) is 98.8 Å². The fraction of sp³-hybridized carbons (Fsp3) is 0.524. The molecule has 48 heavy (non-hydrogen) atoms. The summed E-state index contributed by atoms with van der Waals surface area (Å²) >= 11 is 0. The Morgan fingerprint density at radius 3 is 1.85 bits per heavy atom. The maximum Gasteiger partial charge on any atom is 0.225 e. The van der Waals surface area contributed by atoms with Gasteiger partial charge in [-0.05, 0) is 95.9 Å². The number of carbonyl (C=O) groups excluding carboxylic acids is 2. The Hall–Kier alpha value is -3.64. The van der Waals surface area contributed by atoms with Crippen LogP contribution in [0.2, 0.25) is 0 Å². The lowest BCUT2D eigenvalue weighted by atomic mass is 9.87. The molecule has 0 spiro atoms. The van der Waals surface area contributed by atoms with Crippen LogP contribution >= 0.6 is 0 Å². The van der Waals surface area contributed by atoms with Gasteiger partial charge in [0.2, 0.25) is 11.8 Å². The number of aryl methyl sites for hydroxylation is 2. The van der Waals surface area contributed by atoms with Crippen molar-refractivity contribution in [1.82, 2.24) is 15.5 Å². The van der Waals surface area contributed by atoms with Gasteiger partial charge in [0.05, 0.1) is 6.61 Å². The fourth-order valence-electron chi connectivity index (χ4n) is 4.71. The standard InChI is InChI=1S/C42H65N3O3/c1-7-8-9-10-11-12-13-14-15-16-17-18-19-20-21-22-23-24-25-27-40(46)43-31-33-45(6)34-32-44-41(47)42(4,5)30-26-35-48-39-36-37(2)28-29-38(39)3/h8-9,11-12,14-15,17-18,20-21,23-24,28-29,36H,7,10,13,16,19,22,25-27,30-35H2,1-6H3,(H,43,46)(H,44,47). The smallest absolute Gasteiger partial charge is 0.225 e. The van der Waals surface area contributed by atoms with Crippen LogP contribution in [0.3, 0.4) is 0 Å². The summed E-state index contributed by atoms with van der Waals surface area (Å²) < 4.78 is 5.95. The molecule has 6 nitrogen and oxygen atoms in total. The van der Waals surface area contributed by atoms with E-state index in [0.29, 0.717) is 26.1 Å². The Morgan fingerprint density at radius 1 is 0.771 bits per heavy atom. The number of benzene rings is 1. The summed E-state index contributed by atoms with van der Waals surface area (Å²) in [6, 6.07) is 6.21. The lowest BCUT2D eigenvalue weighted by Crippen LogP contribution is -2.42. The molecule has 0 unspecified atom stereocenters. The van der Waals surface area contributed by atoms with Gasteiger partial charge in [-0.1, -0.05) is 106 Å². The number of carbonyl (C=O) groups is 2. The quantitative estimate of drug-likeness (QED) is 0.0769. The van der Waals surface area contributed by atoms with Gasteiger partial charge in [-0.25, -0.2) is 0 Å². The van der Waals surface area contributed by atoms with Crippen LogP contribution in [0.25, 0.3) is 0 Å². The molecule has 0 bridgehead atoms. The van der Waals surface area contributed by atoms with Gasteiger partial charge < -0.3 is 20.3 Å². The molecule has 0 heterocycles. The molecular weight excluding hydrogens is 594 g/mol. The second kappa shape index (κ2) is 27.3. The number of nitrogens with zero attached hydrogens (tertiary/aromatic N) is 1. The van der Waals surface area contributed by atoms with Crippen LogP contribution in [-0.4, -0.2) is 56.5 Å². The lowest BCUT2D eigenvalue weighted by Gasteiger charge is -2.25. The van der Waals surface area contributed by atoms with Gasteiger partial charge in [0, 0.05) is 38.0 Å². The molecule has 0 saturated carbocycles. The Kier molecular flexibility index (Phi) is 24.1. The molecule has 1 aromatic rings. The van der Waals surface area contributed by atoms with Crippen LogP contribution in [0.5, 0.6) is 5.75 Å². The summed E-state index contributed by atoms with van der Waals surface area (Å²) in [4.78, 5) is 27.1. The van der Waals surface area contributed by atoms with Gasteiger partial charge in [0.15, 0.2) is 0 Å². The highest BCUT2D eigenvalue weighted by molar-refractivity contribution is 5.81. The van der Waals surface area contributed by atoms with Crippen LogP contribution in [-0.2, 0) is 9.59 Å². The molecule has 0 aliphatic heterocycles. The summed E-state index contributed by atoms with van der Waals surface area (Å²) in [5, 5.41) is 6.07. The third kappa shape index (κ3) is 22.8. The van der Waals surface area contributed by atoms with E-state index in [1.807, 2.05) is 27.8 Å². The minimum absolute atomic E-state index is 0.0605. The van der Waals surface area contributed by atoms with Crippen molar-refractivity contribution in [2.24, 2.45) is 5.41 Å². The summed E-state index contributed by atoms with van der Waals surface area (Å²) in [7, 11) is 2.01. The molecule has 0 aliphatic rings. The second-order valence-electron chi connectivity index (χ2n) is 13.0. The van der Waals surface area contributed by atoms with E-state index in [-0.39, 0.29) is 11.8 Å². The van der Waals surface area contributed by atoms with Crippen molar-refractivity contribution >= 4 is 11.8 Å². The van der Waals surface area contributed by atoms with E-state index in [4.69, 9.17) is 4.74 Å². The average Bonchev–Trinajstić information content (AvgIpc) is 3.05. The summed E-state index contributed by atoms with van der Waals surface area (Å²) in [6.45, 7) is 13.5. The maximum atomic E-state index is 12.8. The number of amides is 2. The van der Waals surface area contributed by atoms with Crippen molar-refractivity contribution in [3.05, 3.63) is 102 Å². The minimum atomic E-state index is -0.458. The highest BCUT2D eigenvalue weighted by Crippen LogP contribution is 2.24. The van der Waals surface area contributed by atoms with E-state index in [2.05, 4.69) is 120 Å². The molecule has 0 radical (unpaired) electrons. The topological polar surface area (TPSA) is 70.7 Å². The normalized spacial score (nSPS) is 12.6. The van der Waals surface area contributed by atoms with Crippen LogP contribution < -0.4 is 15.4 Å². The summed E-state index contributed by atoms with van der Waals surface area (Å²) in [5.74, 6) is 1.05. The summed E-state index contributed by atoms with van der Waals surface area (Å²) in [6.07, 6.45) is 34.9. The first-order valence-corrected chi connectivity index (χ1v) is 18.0. The molecule has 6 heteroatoms. The van der Waals surface area contributed by atoms with Crippen molar-refractivity contribution in [1.29, 1.82) is 0 Å². The van der Waals surface area contributed by atoms with Gasteiger partial charge in [-0.3, -0.25) is 9.59 Å². The van der Waals surface area contributed by atoms with Crippen molar-refractivity contribution in [3.8, 4) is 5.75 Å². The summed E-state index contributed by atoms with van der Waals surface area (Å²) in [5.41, 5.74) is 1.85. The van der Waals surface area contributed by atoms with Crippen molar-refractivity contribution in [3.63, 3.8) is 0 Å². The van der Waals surface area contributed by atoms with Gasteiger partial charge in [0.25, 0.3) is 0 Å². The molecule has 0 saturated heterocycles. The molecule has 1 rings (SSSR count). The SMILES string of the molecule is CCC=CCC=CCC=CCC=CCC=CCC=CCCC(=O)NCCN(C)CCNC(=O)C(C)(C)CCCOc1cc(C)ccc1C. The first kappa shape index (κ1) is 42.4. The lowest BCUT2D eigenvalue weighted by molar-refractivity contribution is -0.129. The molecule has 0 atom stereocenters. The average molecular weight is 660 g/mol. The minimum Gasteiger partial charge on any atom is -0.493 e. The van der Waals surface area contributed by atoms with E-state index < -0.39 is 5.41 Å². The molecule has 2 N–H and O–H groups in total. The van der Waals surface area contributed by atoms with E-state index in [1.54, 1.807) is 0 Å². The van der Waals surface area contributed by atoms with Gasteiger partial charge in [-0.2, -0.15) is 0 Å². The van der Waals surface area contributed by atoms with Crippen molar-refractivity contribution < 1.29 is 14.3 Å². The zero-order valence-corrected chi connectivity index (χ0v) is 30.9. The Morgan fingerprint density at radius 2 is 1.29 bits per heavy atom. The second-order valence-corrected chi connectivity index (χ2v) is 13.0. The molecule has 266 valence electrons. The highest BCUT2D eigenvalue weighted by Gasteiger charge is 2.26. The third-order valence-corrected chi connectivity index (χ3v) is 7.89. The number of rotatable bonds is 26. The number of ether oxygens (including phenoxy) is 1. The predicted molar refractivity (Wildman–Crippen MR) is 205 cm³/mol. The number of hydrogen-bond acceptors (Lipinski definition) is 4. The third-order valence-electron chi connectivity index (χ3n) is 7.89. The number of nitrogens with one attached hydrogen (secondary N) is 2. The number of allylic oxidation sites excluding steroid dienone is 12. The molecule has 0 fully saturated rings. The Balaban J connectivity index is 2.05. The zero-order valence-electron chi connectivity index (χ0n) is 30.9. The highest BCUT2D eigenvalue weighted by atomic mass is 16.5. The van der Waals surface area contributed by atoms with E-state index >= 15 is 0 Å². The van der Waals surface area contributed by atoms with E-state index in [1.165, 1.54) is 5.56 Å². The monoisotopic (exact) mass is 660 g/mol. The Bertz CT molecular complexity index is 1210. The largest absolute Gasteiger partial charge is 0.493 e. The van der Waals surface area contributed by atoms with E-state index in [9.17, 15) is 9.59 Å². The van der Waals surface area contributed by atoms with Crippen LogP contribution in [0.1, 0.15) is 96.1 Å². The molecule has 0 aromatic heterocycles. The first-order valence-electron chi connectivity index (χ1n) is 18.0. The fourth-order valence-corrected chi connectivity index (χ4v) is 4.71. The maximum absolute atomic E-state index is 12.8. The van der Waals surface area contributed by atoms with Gasteiger partial charge in [-0.15, -0.1) is 0 Å². The first-order chi connectivity index (χ1) is 23.2. The van der Waals surface area contributed by atoms with Crippen LogP contribution in [0.15, 0.2) is 91.1 Å². The molecule has 0 aliphatic carbocycles. The number of hydrogen-bond donors (Lipinski definition) is 2. The van der Waals surface area contributed by atoms with Crippen molar-refractivity contribution in [2.75, 3.05) is 39.8 Å². The van der Waals surface area contributed by atoms with E-state index in [0.717, 1.165) is 82.2 Å². The molecule has 2 amide bonds. The van der Waals surface area contributed by atoms with Gasteiger partial charge >= 0.3 is 0 Å². The number of likely N-dealkylation sites (N-methyl/N-ethyl adjacent to an activating group) is 1. The van der Waals surface area contributed by atoms with Crippen LogP contribution in [0.4, 0.5) is 0 Å². The predicted octanol–water partition coefficient (Wildman–Crippen LogP) is 9.13.